The third-order valence-electron chi connectivity index (χ3n) is 4.46. The minimum absolute atomic E-state index is 0.0834. The van der Waals surface area contributed by atoms with Gasteiger partial charge in [-0.3, -0.25) is 14.7 Å². The first kappa shape index (κ1) is 19.0. The molecule has 0 radical (unpaired) electrons. The van der Waals surface area contributed by atoms with Crippen LogP contribution < -0.4 is 4.90 Å². The van der Waals surface area contributed by atoms with Gasteiger partial charge >= 0.3 is 6.03 Å². The van der Waals surface area contributed by atoms with Gasteiger partial charge in [-0.1, -0.05) is 6.07 Å². The Labute approximate surface area is 157 Å². The van der Waals surface area contributed by atoms with Crippen molar-refractivity contribution in [1.82, 2.24) is 9.88 Å². The molecule has 27 heavy (non-hydrogen) atoms. The molecule has 1 aromatic carbocycles. The van der Waals surface area contributed by atoms with Gasteiger partial charge in [0, 0.05) is 24.8 Å². The molecule has 2 heterocycles. The lowest BCUT2D eigenvalue weighted by Crippen LogP contribution is -2.48. The zero-order chi connectivity index (χ0) is 19.4. The van der Waals surface area contributed by atoms with Crippen molar-refractivity contribution in [3.05, 3.63) is 59.2 Å². The summed E-state index contributed by atoms with van der Waals surface area (Å²) in [5.41, 5.74) is 2.04. The van der Waals surface area contributed by atoms with Crippen LogP contribution in [0.4, 0.5) is 14.9 Å². The summed E-state index contributed by atoms with van der Waals surface area (Å²) in [5, 5.41) is 0. The predicted molar refractivity (Wildman–Crippen MR) is 99.3 cm³/mol. The number of benzene rings is 1. The molecule has 0 saturated carbocycles. The van der Waals surface area contributed by atoms with Gasteiger partial charge in [-0.05, 0) is 43.7 Å². The van der Waals surface area contributed by atoms with Crippen LogP contribution >= 0.6 is 0 Å². The number of halogens is 1. The highest BCUT2D eigenvalue weighted by Crippen LogP contribution is 2.24. The van der Waals surface area contributed by atoms with Gasteiger partial charge in [0.15, 0.2) is 5.78 Å². The van der Waals surface area contributed by atoms with Crippen LogP contribution in [0.1, 0.15) is 28.5 Å². The minimum atomic E-state index is -0.461. The van der Waals surface area contributed by atoms with E-state index in [1.807, 2.05) is 0 Å². The summed E-state index contributed by atoms with van der Waals surface area (Å²) in [5.74, 6) is -0.545. The van der Waals surface area contributed by atoms with Gasteiger partial charge in [-0.2, -0.15) is 0 Å². The summed E-state index contributed by atoms with van der Waals surface area (Å²) in [6.45, 7) is 5.20. The number of ether oxygens (including phenoxy) is 1. The Morgan fingerprint density at radius 3 is 2.56 bits per heavy atom. The van der Waals surface area contributed by atoms with E-state index in [9.17, 15) is 14.0 Å². The van der Waals surface area contributed by atoms with Crippen LogP contribution in [0.2, 0.25) is 0 Å². The van der Waals surface area contributed by atoms with Crippen LogP contribution in [0, 0.1) is 12.7 Å². The van der Waals surface area contributed by atoms with Crippen molar-refractivity contribution in [2.45, 2.75) is 20.4 Å². The number of pyridine rings is 1. The topological polar surface area (TPSA) is 62.7 Å². The van der Waals surface area contributed by atoms with Crippen molar-refractivity contribution in [2.24, 2.45) is 0 Å². The van der Waals surface area contributed by atoms with Crippen LogP contribution in [0.5, 0.6) is 0 Å². The SMILES string of the molecule is CC(=O)c1ccc(CN(C(=O)N2CCOCC2)c2ccc(C)cc2F)nc1. The lowest BCUT2D eigenvalue weighted by Gasteiger charge is -2.33. The van der Waals surface area contributed by atoms with Crippen molar-refractivity contribution in [3.63, 3.8) is 0 Å². The van der Waals surface area contributed by atoms with Crippen LogP contribution in [-0.4, -0.2) is 48.0 Å². The molecule has 0 bridgehead atoms. The molecule has 1 aliphatic rings. The zero-order valence-corrected chi connectivity index (χ0v) is 15.4. The van der Waals surface area contributed by atoms with E-state index in [0.717, 1.165) is 5.56 Å². The first-order chi connectivity index (χ1) is 13.0. The molecule has 142 valence electrons. The molecule has 2 aromatic rings. The fraction of sp³-hybridized carbons (Fsp3) is 0.350. The number of nitrogens with zero attached hydrogens (tertiary/aromatic N) is 3. The smallest absolute Gasteiger partial charge is 0.325 e. The zero-order valence-electron chi connectivity index (χ0n) is 15.4. The Balaban J connectivity index is 1.91. The number of aryl methyl sites for hydroxylation is 1. The molecule has 1 aliphatic heterocycles. The lowest BCUT2D eigenvalue weighted by molar-refractivity contribution is 0.0547. The highest BCUT2D eigenvalue weighted by atomic mass is 19.1. The van der Waals surface area contributed by atoms with E-state index in [-0.39, 0.29) is 24.0 Å². The van der Waals surface area contributed by atoms with Gasteiger partial charge < -0.3 is 9.64 Å². The van der Waals surface area contributed by atoms with Gasteiger partial charge in [0.25, 0.3) is 0 Å². The average Bonchev–Trinajstić information content (AvgIpc) is 2.67. The lowest BCUT2D eigenvalue weighted by atomic mass is 10.1. The van der Waals surface area contributed by atoms with E-state index in [2.05, 4.69) is 4.98 Å². The van der Waals surface area contributed by atoms with Crippen LogP contribution in [0.15, 0.2) is 36.5 Å². The Hall–Kier alpha value is -2.80. The standard InChI is InChI=1S/C20H22FN3O3/c1-14-3-6-19(18(21)11-14)24(20(26)23-7-9-27-10-8-23)13-17-5-4-16(12-22-17)15(2)25/h3-6,11-12H,7-10,13H2,1-2H3. The maximum Gasteiger partial charge on any atom is 0.325 e. The quantitative estimate of drug-likeness (QED) is 0.775. The molecule has 7 heteroatoms. The summed E-state index contributed by atoms with van der Waals surface area (Å²) < 4.78 is 19.9. The number of urea groups is 1. The van der Waals surface area contributed by atoms with E-state index in [0.29, 0.717) is 37.6 Å². The largest absolute Gasteiger partial charge is 0.378 e. The molecule has 0 N–H and O–H groups in total. The average molecular weight is 371 g/mol. The van der Waals surface area contributed by atoms with Gasteiger partial charge in [0.2, 0.25) is 0 Å². The van der Waals surface area contributed by atoms with Crippen molar-refractivity contribution < 1.29 is 18.7 Å². The maximum atomic E-state index is 14.6. The number of aromatic nitrogens is 1. The molecule has 1 aromatic heterocycles. The fourth-order valence-corrected chi connectivity index (χ4v) is 2.90. The number of hydrogen-bond acceptors (Lipinski definition) is 4. The third-order valence-corrected chi connectivity index (χ3v) is 4.46. The van der Waals surface area contributed by atoms with Crippen LogP contribution in [-0.2, 0) is 11.3 Å². The molecular formula is C20H22FN3O3. The Morgan fingerprint density at radius 1 is 1.22 bits per heavy atom. The van der Waals surface area contributed by atoms with E-state index in [4.69, 9.17) is 4.74 Å². The van der Waals surface area contributed by atoms with Gasteiger partial charge in [0.1, 0.15) is 5.82 Å². The summed E-state index contributed by atoms with van der Waals surface area (Å²) in [7, 11) is 0. The van der Waals surface area contributed by atoms with Gasteiger partial charge in [-0.15, -0.1) is 0 Å². The number of morpholine rings is 1. The molecule has 0 spiro atoms. The Kier molecular flexibility index (Phi) is 5.81. The second kappa shape index (κ2) is 8.26. The first-order valence-corrected chi connectivity index (χ1v) is 8.82. The first-order valence-electron chi connectivity index (χ1n) is 8.82. The number of anilines is 1. The summed E-state index contributed by atoms with van der Waals surface area (Å²) in [6, 6.07) is 7.83. The normalized spacial score (nSPS) is 14.1. The molecule has 1 saturated heterocycles. The molecule has 2 amide bonds. The van der Waals surface area contributed by atoms with Crippen LogP contribution in [0.25, 0.3) is 0 Å². The molecular weight excluding hydrogens is 349 g/mol. The molecule has 0 aliphatic carbocycles. The summed E-state index contributed by atoms with van der Waals surface area (Å²) in [4.78, 5) is 31.8. The minimum Gasteiger partial charge on any atom is -0.378 e. The number of carbonyl (C=O) groups excluding carboxylic acids is 2. The number of hydrogen-bond donors (Lipinski definition) is 0. The number of rotatable bonds is 4. The van der Waals surface area contributed by atoms with Gasteiger partial charge in [-0.25, -0.2) is 9.18 Å². The molecule has 3 rings (SSSR count). The number of Topliss-reactive ketones (excluding diaryl/α,β-unsaturated/α-hetero) is 1. The second-order valence-corrected chi connectivity index (χ2v) is 6.52. The molecule has 6 nitrogen and oxygen atoms in total. The molecule has 0 unspecified atom stereocenters. The van der Waals surface area contributed by atoms with Gasteiger partial charge in [0.05, 0.1) is 31.1 Å². The number of carbonyl (C=O) groups is 2. The maximum absolute atomic E-state index is 14.6. The van der Waals surface area contributed by atoms with Crippen LogP contribution in [0.3, 0.4) is 0 Å². The van der Waals surface area contributed by atoms with Crippen molar-refractivity contribution in [3.8, 4) is 0 Å². The monoisotopic (exact) mass is 371 g/mol. The highest BCUT2D eigenvalue weighted by Gasteiger charge is 2.26. The van der Waals surface area contributed by atoms with E-state index >= 15 is 0 Å². The molecule has 0 atom stereocenters. The van der Waals surface area contributed by atoms with Crippen molar-refractivity contribution in [2.75, 3.05) is 31.2 Å². The summed E-state index contributed by atoms with van der Waals surface area (Å²) in [6.07, 6.45) is 1.47. The third kappa shape index (κ3) is 4.49. The summed E-state index contributed by atoms with van der Waals surface area (Å²) >= 11 is 0. The van der Waals surface area contributed by atoms with Crippen molar-refractivity contribution >= 4 is 17.5 Å². The van der Waals surface area contributed by atoms with Crippen molar-refractivity contribution in [1.29, 1.82) is 0 Å². The predicted octanol–water partition coefficient (Wildman–Crippen LogP) is 3.19. The Bertz CT molecular complexity index is 833. The Morgan fingerprint density at radius 2 is 1.96 bits per heavy atom. The highest BCUT2D eigenvalue weighted by molar-refractivity contribution is 5.94. The number of ketones is 1. The van der Waals surface area contributed by atoms with E-state index < -0.39 is 5.82 Å². The fourth-order valence-electron chi connectivity index (χ4n) is 2.90. The van der Waals surface area contributed by atoms with E-state index in [1.54, 1.807) is 36.1 Å². The number of amides is 2. The second-order valence-electron chi connectivity index (χ2n) is 6.52. The molecule has 1 fully saturated rings. The van der Waals surface area contributed by atoms with E-state index in [1.165, 1.54) is 24.1 Å².